The quantitative estimate of drug-likeness (QED) is 0.733. The summed E-state index contributed by atoms with van der Waals surface area (Å²) >= 11 is 0. The van der Waals surface area contributed by atoms with Gasteiger partial charge >= 0.3 is 12.2 Å². The van der Waals surface area contributed by atoms with Crippen LogP contribution in [-0.4, -0.2) is 55.6 Å². The number of rotatable bonds is 3. The van der Waals surface area contributed by atoms with Crippen molar-refractivity contribution in [1.82, 2.24) is 29.6 Å². The lowest BCUT2D eigenvalue weighted by Gasteiger charge is -2.24. The van der Waals surface area contributed by atoms with Crippen LogP contribution in [0.25, 0.3) is 16.8 Å². The number of fused-ring (bicyclic) bond motifs is 3. The first-order valence-electron chi connectivity index (χ1n) is 8.78. The molecule has 2 unspecified atom stereocenters. The molecule has 3 aromatic rings. The van der Waals surface area contributed by atoms with E-state index in [9.17, 15) is 18.0 Å². The minimum Gasteiger partial charge on any atom is -0.345 e. The van der Waals surface area contributed by atoms with E-state index in [1.807, 2.05) is 22.7 Å². The van der Waals surface area contributed by atoms with Gasteiger partial charge < -0.3 is 15.2 Å². The maximum absolute atomic E-state index is 12.4. The smallest absolute Gasteiger partial charge is 0.345 e. The Labute approximate surface area is 152 Å². The van der Waals surface area contributed by atoms with Crippen LogP contribution >= 0.6 is 0 Å². The molecule has 0 bridgehead atoms. The number of carbonyl (C=O) groups excluding carboxylic acids is 1. The third-order valence-corrected chi connectivity index (χ3v) is 5.08. The number of alkyl halides is 3. The van der Waals surface area contributed by atoms with Crippen LogP contribution < -0.4 is 5.32 Å². The van der Waals surface area contributed by atoms with E-state index < -0.39 is 18.8 Å². The molecule has 2 N–H and O–H groups in total. The number of nitrogens with zero attached hydrogens (tertiary/aromatic N) is 4. The fraction of sp³-hybridized carbons (Fsp3) is 0.471. The lowest BCUT2D eigenvalue weighted by atomic mass is 10.0. The van der Waals surface area contributed by atoms with Gasteiger partial charge in [0.1, 0.15) is 6.54 Å². The number of hydrogen-bond acceptors (Lipinski definition) is 3. The van der Waals surface area contributed by atoms with E-state index in [-0.39, 0.29) is 12.0 Å². The van der Waals surface area contributed by atoms with Crippen LogP contribution in [0.3, 0.4) is 0 Å². The number of H-pyrrole nitrogens is 1. The van der Waals surface area contributed by atoms with Gasteiger partial charge in [0.15, 0.2) is 11.3 Å². The molecule has 1 aliphatic heterocycles. The Morgan fingerprint density at radius 3 is 2.93 bits per heavy atom. The Balaban J connectivity index is 1.61. The van der Waals surface area contributed by atoms with Gasteiger partial charge in [0, 0.05) is 36.6 Å². The molecule has 7 nitrogen and oxygen atoms in total. The van der Waals surface area contributed by atoms with Crippen molar-refractivity contribution in [3.05, 3.63) is 30.4 Å². The average molecular weight is 380 g/mol. The number of halogens is 3. The molecule has 0 radical (unpaired) electrons. The standard InChI is InChI=1S/C17H19F3N6O/c1-2-11-5-10(8-25(11)16(27)24-9-17(18,19)20)13-6-22-14-7-23-15-12(26(13)14)3-4-21-15/h3-4,6-7,10-11,21H,2,5,8-9H2,1H3,(H,24,27). The molecule has 1 aliphatic rings. The number of aromatic amines is 1. The monoisotopic (exact) mass is 380 g/mol. The van der Waals surface area contributed by atoms with Crippen LogP contribution in [-0.2, 0) is 0 Å². The fourth-order valence-electron chi connectivity index (χ4n) is 3.82. The second kappa shape index (κ2) is 6.43. The van der Waals surface area contributed by atoms with E-state index in [1.54, 1.807) is 18.6 Å². The summed E-state index contributed by atoms with van der Waals surface area (Å²) in [6, 6.07) is 1.11. The van der Waals surface area contributed by atoms with Crippen molar-refractivity contribution in [3.8, 4) is 0 Å². The van der Waals surface area contributed by atoms with Crippen molar-refractivity contribution in [2.45, 2.75) is 37.9 Å². The van der Waals surface area contributed by atoms with Crippen LogP contribution in [0.4, 0.5) is 18.0 Å². The molecule has 1 fully saturated rings. The van der Waals surface area contributed by atoms with Crippen LogP contribution in [0.2, 0.25) is 0 Å². The first-order chi connectivity index (χ1) is 12.9. The maximum Gasteiger partial charge on any atom is 0.405 e. The third kappa shape index (κ3) is 3.19. The van der Waals surface area contributed by atoms with E-state index in [0.717, 1.165) is 16.9 Å². The zero-order valence-electron chi connectivity index (χ0n) is 14.6. The van der Waals surface area contributed by atoms with Gasteiger partial charge in [-0.25, -0.2) is 14.8 Å². The molecule has 1 saturated heterocycles. The van der Waals surface area contributed by atoms with Crippen LogP contribution in [0.1, 0.15) is 31.4 Å². The summed E-state index contributed by atoms with van der Waals surface area (Å²) in [6.07, 6.45) is 2.15. The van der Waals surface area contributed by atoms with Crippen LogP contribution in [0.5, 0.6) is 0 Å². The van der Waals surface area contributed by atoms with Gasteiger partial charge in [-0.15, -0.1) is 0 Å². The van der Waals surface area contributed by atoms with Crippen molar-refractivity contribution in [3.63, 3.8) is 0 Å². The minimum absolute atomic E-state index is 0.0120. The molecule has 3 aromatic heterocycles. The fourth-order valence-corrected chi connectivity index (χ4v) is 3.82. The lowest BCUT2D eigenvalue weighted by molar-refractivity contribution is -0.123. The van der Waals surface area contributed by atoms with Gasteiger partial charge in [-0.3, -0.25) is 4.40 Å². The molecule has 144 valence electrons. The van der Waals surface area contributed by atoms with E-state index >= 15 is 0 Å². The summed E-state index contributed by atoms with van der Waals surface area (Å²) in [5.74, 6) is -0.0120. The molecule has 0 spiro atoms. The number of nitrogens with one attached hydrogen (secondary N) is 2. The van der Waals surface area contributed by atoms with E-state index in [2.05, 4.69) is 15.0 Å². The Morgan fingerprint density at radius 2 is 2.19 bits per heavy atom. The molecule has 4 rings (SSSR count). The number of imidazole rings is 1. The molecule has 2 atom stereocenters. The summed E-state index contributed by atoms with van der Waals surface area (Å²) < 4.78 is 39.3. The summed E-state index contributed by atoms with van der Waals surface area (Å²) in [5.41, 5.74) is 3.24. The lowest BCUT2D eigenvalue weighted by Crippen LogP contribution is -2.45. The largest absolute Gasteiger partial charge is 0.405 e. The second-order valence-electron chi connectivity index (χ2n) is 6.77. The molecule has 0 saturated carbocycles. The summed E-state index contributed by atoms with van der Waals surface area (Å²) in [5, 5.41) is 1.98. The normalized spacial score (nSPS) is 20.7. The van der Waals surface area contributed by atoms with Gasteiger partial charge in [-0.2, -0.15) is 13.2 Å². The van der Waals surface area contributed by atoms with Gasteiger partial charge in [0.2, 0.25) is 0 Å². The number of urea groups is 1. The minimum atomic E-state index is -4.43. The Kier molecular flexibility index (Phi) is 4.20. The van der Waals surface area contributed by atoms with Gasteiger partial charge in [0.25, 0.3) is 0 Å². The topological polar surface area (TPSA) is 78.3 Å². The Morgan fingerprint density at radius 1 is 1.37 bits per heavy atom. The van der Waals surface area contributed by atoms with Gasteiger partial charge in [0.05, 0.1) is 11.7 Å². The molecule has 10 heteroatoms. The molecule has 0 aliphatic carbocycles. The number of aromatic nitrogens is 4. The molecule has 4 heterocycles. The second-order valence-corrected chi connectivity index (χ2v) is 6.77. The third-order valence-electron chi connectivity index (χ3n) is 5.08. The van der Waals surface area contributed by atoms with Gasteiger partial charge in [-0.1, -0.05) is 6.92 Å². The van der Waals surface area contributed by atoms with E-state index in [4.69, 9.17) is 0 Å². The number of likely N-dealkylation sites (tertiary alicyclic amines) is 1. The van der Waals surface area contributed by atoms with Crippen LogP contribution in [0.15, 0.2) is 24.7 Å². The number of amides is 2. The van der Waals surface area contributed by atoms with E-state index in [0.29, 0.717) is 25.0 Å². The first kappa shape index (κ1) is 17.6. The zero-order valence-corrected chi connectivity index (χ0v) is 14.6. The summed E-state index contributed by atoms with van der Waals surface area (Å²) in [7, 11) is 0. The molecule has 2 amide bonds. The molecule has 27 heavy (non-hydrogen) atoms. The van der Waals surface area contributed by atoms with Gasteiger partial charge in [-0.05, 0) is 18.9 Å². The van der Waals surface area contributed by atoms with Crippen molar-refractivity contribution in [2.24, 2.45) is 0 Å². The zero-order chi connectivity index (χ0) is 19.2. The Bertz CT molecular complexity index is 978. The van der Waals surface area contributed by atoms with Crippen LogP contribution in [0, 0.1) is 0 Å². The highest BCUT2D eigenvalue weighted by Crippen LogP contribution is 2.34. The van der Waals surface area contributed by atoms with E-state index in [1.165, 1.54) is 4.90 Å². The Hall–Kier alpha value is -2.78. The SMILES string of the molecule is CCC1CC(c2cnc3cnc4[nH]ccc4n23)CN1C(=O)NCC(F)(F)F. The number of carbonyl (C=O) groups is 1. The van der Waals surface area contributed by atoms with Crippen molar-refractivity contribution < 1.29 is 18.0 Å². The first-order valence-corrected chi connectivity index (χ1v) is 8.78. The molecular formula is C17H19F3N6O. The molecule has 0 aromatic carbocycles. The maximum atomic E-state index is 12.4. The van der Waals surface area contributed by atoms with Crippen molar-refractivity contribution in [2.75, 3.05) is 13.1 Å². The van der Waals surface area contributed by atoms with Crippen molar-refractivity contribution in [1.29, 1.82) is 0 Å². The summed E-state index contributed by atoms with van der Waals surface area (Å²) in [6.45, 7) is 0.957. The highest BCUT2D eigenvalue weighted by Gasteiger charge is 2.38. The predicted molar refractivity (Wildman–Crippen MR) is 92.4 cm³/mol. The molecular weight excluding hydrogens is 361 g/mol. The highest BCUT2D eigenvalue weighted by atomic mass is 19.4. The average Bonchev–Trinajstić information content (AvgIpc) is 3.33. The number of hydrogen-bond donors (Lipinski definition) is 2. The summed E-state index contributed by atoms with van der Waals surface area (Å²) in [4.78, 5) is 25.6. The highest BCUT2D eigenvalue weighted by molar-refractivity contribution is 5.76. The van der Waals surface area contributed by atoms with Crippen molar-refractivity contribution >= 4 is 22.8 Å². The predicted octanol–water partition coefficient (Wildman–Crippen LogP) is 3.05.